The average molecular weight is 264 g/mol. The number of nitrogens with zero attached hydrogens (tertiary/aromatic N) is 1. The summed E-state index contributed by atoms with van der Waals surface area (Å²) in [6, 6.07) is 7.98. The van der Waals surface area contributed by atoms with Gasteiger partial charge in [0.1, 0.15) is 5.82 Å². The van der Waals surface area contributed by atoms with Gasteiger partial charge >= 0.3 is 0 Å². The number of hydrogen-bond acceptors (Lipinski definition) is 2. The summed E-state index contributed by atoms with van der Waals surface area (Å²) in [5.41, 5.74) is 6.66. The Morgan fingerprint density at radius 3 is 2.79 bits per heavy atom. The molecule has 0 amide bonds. The molecule has 1 aromatic rings. The van der Waals surface area contributed by atoms with Gasteiger partial charge in [-0.05, 0) is 57.3 Å². The van der Waals surface area contributed by atoms with Gasteiger partial charge < -0.3 is 10.6 Å². The van der Waals surface area contributed by atoms with Crippen molar-refractivity contribution >= 4 is 0 Å². The van der Waals surface area contributed by atoms with Crippen molar-refractivity contribution < 1.29 is 4.39 Å². The highest BCUT2D eigenvalue weighted by Crippen LogP contribution is 2.30. The van der Waals surface area contributed by atoms with Crippen LogP contribution in [0.15, 0.2) is 24.3 Å². The number of rotatable bonds is 5. The molecule has 2 nitrogen and oxygen atoms in total. The van der Waals surface area contributed by atoms with Crippen LogP contribution in [0.25, 0.3) is 0 Å². The van der Waals surface area contributed by atoms with Crippen LogP contribution in [-0.4, -0.2) is 30.6 Å². The highest BCUT2D eigenvalue weighted by molar-refractivity contribution is 5.18. The van der Waals surface area contributed by atoms with Crippen molar-refractivity contribution in [3.63, 3.8) is 0 Å². The topological polar surface area (TPSA) is 29.3 Å². The molecule has 1 fully saturated rings. The Hall–Kier alpha value is -0.930. The van der Waals surface area contributed by atoms with Gasteiger partial charge in [0.05, 0.1) is 0 Å². The SMILES string of the molecule is CC(Cc1ccccc1F)N(C)C1CCCC1CN. The van der Waals surface area contributed by atoms with Crippen LogP contribution in [0.1, 0.15) is 31.7 Å². The molecule has 3 unspecified atom stereocenters. The fourth-order valence-electron chi connectivity index (χ4n) is 3.28. The van der Waals surface area contributed by atoms with Gasteiger partial charge in [0.15, 0.2) is 0 Å². The Labute approximate surface area is 115 Å². The molecular formula is C16H25FN2. The number of nitrogens with two attached hydrogens (primary N) is 1. The summed E-state index contributed by atoms with van der Waals surface area (Å²) in [7, 11) is 2.16. The maximum Gasteiger partial charge on any atom is 0.126 e. The smallest absolute Gasteiger partial charge is 0.126 e. The predicted octanol–water partition coefficient (Wildman–Crippen LogP) is 2.82. The molecular weight excluding hydrogens is 239 g/mol. The van der Waals surface area contributed by atoms with Crippen molar-refractivity contribution in [1.82, 2.24) is 4.90 Å². The van der Waals surface area contributed by atoms with E-state index in [1.807, 2.05) is 12.1 Å². The van der Waals surface area contributed by atoms with E-state index in [0.717, 1.165) is 18.5 Å². The molecule has 3 atom stereocenters. The molecule has 0 aromatic heterocycles. The van der Waals surface area contributed by atoms with Gasteiger partial charge in [-0.15, -0.1) is 0 Å². The second-order valence-corrected chi connectivity index (χ2v) is 5.80. The summed E-state index contributed by atoms with van der Waals surface area (Å²) < 4.78 is 13.7. The van der Waals surface area contributed by atoms with E-state index in [1.54, 1.807) is 12.1 Å². The Kier molecular flexibility index (Phi) is 4.94. The molecule has 0 radical (unpaired) electrons. The molecule has 0 spiro atoms. The van der Waals surface area contributed by atoms with E-state index in [9.17, 15) is 4.39 Å². The summed E-state index contributed by atoms with van der Waals surface area (Å²) in [6.45, 7) is 2.94. The summed E-state index contributed by atoms with van der Waals surface area (Å²) in [5.74, 6) is 0.512. The van der Waals surface area contributed by atoms with Crippen molar-refractivity contribution in [3.05, 3.63) is 35.6 Å². The third kappa shape index (κ3) is 3.34. The van der Waals surface area contributed by atoms with Crippen LogP contribution in [0.4, 0.5) is 4.39 Å². The first-order chi connectivity index (χ1) is 9.13. The van der Waals surface area contributed by atoms with Crippen molar-refractivity contribution in [1.29, 1.82) is 0 Å². The van der Waals surface area contributed by atoms with Gasteiger partial charge in [0.2, 0.25) is 0 Å². The number of halogens is 1. The Bertz CT molecular complexity index is 407. The summed E-state index contributed by atoms with van der Waals surface area (Å²) >= 11 is 0. The zero-order valence-corrected chi connectivity index (χ0v) is 12.0. The quantitative estimate of drug-likeness (QED) is 0.886. The van der Waals surface area contributed by atoms with Crippen molar-refractivity contribution in [2.75, 3.05) is 13.6 Å². The molecule has 0 aliphatic heterocycles. The Morgan fingerprint density at radius 2 is 2.11 bits per heavy atom. The summed E-state index contributed by atoms with van der Waals surface area (Å²) in [5, 5.41) is 0. The van der Waals surface area contributed by atoms with Crippen LogP contribution in [0, 0.1) is 11.7 Å². The molecule has 1 aromatic carbocycles. The lowest BCUT2D eigenvalue weighted by atomic mass is 9.99. The van der Waals surface area contributed by atoms with E-state index in [4.69, 9.17) is 5.73 Å². The van der Waals surface area contributed by atoms with E-state index >= 15 is 0 Å². The minimum Gasteiger partial charge on any atom is -0.330 e. The summed E-state index contributed by atoms with van der Waals surface area (Å²) in [6.07, 6.45) is 4.48. The van der Waals surface area contributed by atoms with E-state index in [1.165, 1.54) is 19.3 Å². The lowest BCUT2D eigenvalue weighted by Gasteiger charge is -2.34. The molecule has 106 valence electrons. The Morgan fingerprint density at radius 1 is 1.37 bits per heavy atom. The van der Waals surface area contributed by atoms with Crippen molar-refractivity contribution in [2.45, 2.75) is 44.7 Å². The first-order valence-electron chi connectivity index (χ1n) is 7.29. The fourth-order valence-corrected chi connectivity index (χ4v) is 3.28. The standard InChI is InChI=1S/C16H25FN2/c1-12(10-13-6-3-4-8-15(13)17)19(2)16-9-5-7-14(16)11-18/h3-4,6,8,12,14,16H,5,7,9-11,18H2,1-2H3. The minimum absolute atomic E-state index is 0.0930. The predicted molar refractivity (Wildman–Crippen MR) is 77.5 cm³/mol. The monoisotopic (exact) mass is 264 g/mol. The minimum atomic E-state index is -0.0930. The molecule has 1 aliphatic rings. The van der Waals surface area contributed by atoms with E-state index in [-0.39, 0.29) is 5.82 Å². The highest BCUT2D eigenvalue weighted by atomic mass is 19.1. The number of likely N-dealkylation sites (N-methyl/N-ethyl adjacent to an activating group) is 1. The molecule has 0 heterocycles. The second-order valence-electron chi connectivity index (χ2n) is 5.80. The van der Waals surface area contributed by atoms with Crippen molar-refractivity contribution in [3.8, 4) is 0 Å². The van der Waals surface area contributed by atoms with Gasteiger partial charge in [0, 0.05) is 12.1 Å². The van der Waals surface area contributed by atoms with E-state index in [0.29, 0.717) is 18.0 Å². The molecule has 2 rings (SSSR count). The van der Waals surface area contributed by atoms with Crippen LogP contribution in [-0.2, 0) is 6.42 Å². The van der Waals surface area contributed by atoms with Crippen LogP contribution in [0.3, 0.4) is 0 Å². The Balaban J connectivity index is 1.99. The van der Waals surface area contributed by atoms with Crippen LogP contribution >= 0.6 is 0 Å². The molecule has 1 aliphatic carbocycles. The highest BCUT2D eigenvalue weighted by Gasteiger charge is 2.31. The van der Waals surface area contributed by atoms with Gasteiger partial charge in [-0.1, -0.05) is 24.6 Å². The lowest BCUT2D eigenvalue weighted by molar-refractivity contribution is 0.150. The molecule has 0 saturated heterocycles. The fraction of sp³-hybridized carbons (Fsp3) is 0.625. The maximum absolute atomic E-state index is 13.7. The van der Waals surface area contributed by atoms with Crippen LogP contribution in [0.5, 0.6) is 0 Å². The van der Waals surface area contributed by atoms with Crippen LogP contribution in [0.2, 0.25) is 0 Å². The van der Waals surface area contributed by atoms with E-state index < -0.39 is 0 Å². The molecule has 3 heteroatoms. The zero-order valence-electron chi connectivity index (χ0n) is 12.0. The van der Waals surface area contributed by atoms with Crippen LogP contribution < -0.4 is 5.73 Å². The van der Waals surface area contributed by atoms with Gasteiger partial charge in [-0.25, -0.2) is 4.39 Å². The van der Waals surface area contributed by atoms with Gasteiger partial charge in [-0.2, -0.15) is 0 Å². The van der Waals surface area contributed by atoms with Crippen molar-refractivity contribution in [2.24, 2.45) is 11.7 Å². The molecule has 1 saturated carbocycles. The first-order valence-corrected chi connectivity index (χ1v) is 7.29. The second kappa shape index (κ2) is 6.49. The van der Waals surface area contributed by atoms with Gasteiger partial charge in [0.25, 0.3) is 0 Å². The lowest BCUT2D eigenvalue weighted by Crippen LogP contribution is -2.43. The number of benzene rings is 1. The average Bonchev–Trinajstić information content (AvgIpc) is 2.88. The third-order valence-corrected chi connectivity index (χ3v) is 4.61. The normalized spacial score (nSPS) is 24.9. The maximum atomic E-state index is 13.7. The molecule has 19 heavy (non-hydrogen) atoms. The van der Waals surface area contributed by atoms with Gasteiger partial charge in [-0.3, -0.25) is 0 Å². The largest absolute Gasteiger partial charge is 0.330 e. The third-order valence-electron chi connectivity index (χ3n) is 4.61. The first kappa shape index (κ1) is 14.5. The zero-order chi connectivity index (χ0) is 13.8. The number of hydrogen-bond donors (Lipinski definition) is 1. The molecule has 2 N–H and O–H groups in total. The molecule has 0 bridgehead atoms. The summed E-state index contributed by atoms with van der Waals surface area (Å²) in [4.78, 5) is 2.40. The van der Waals surface area contributed by atoms with E-state index in [2.05, 4.69) is 18.9 Å².